The normalized spacial score (nSPS) is 10.9. The molecular formula is C13H7ClFN3O2. The van der Waals surface area contributed by atoms with Gasteiger partial charge in [0.25, 0.3) is 0 Å². The maximum Gasteiger partial charge on any atom is 0.337 e. The number of nitrogens with zero attached hydrogens (tertiary/aromatic N) is 3. The van der Waals surface area contributed by atoms with Crippen LogP contribution in [0.15, 0.2) is 36.4 Å². The van der Waals surface area contributed by atoms with E-state index in [0.717, 1.165) is 0 Å². The third-order valence-corrected chi connectivity index (χ3v) is 3.15. The molecule has 0 atom stereocenters. The van der Waals surface area contributed by atoms with E-state index >= 15 is 0 Å². The minimum absolute atomic E-state index is 0.0211. The Balaban J connectivity index is 2.37. The number of fused-ring (bicyclic) bond motifs is 1. The van der Waals surface area contributed by atoms with Crippen LogP contribution in [0.25, 0.3) is 16.7 Å². The summed E-state index contributed by atoms with van der Waals surface area (Å²) in [5.74, 6) is -1.62. The quantitative estimate of drug-likeness (QED) is 0.788. The molecule has 0 bridgehead atoms. The molecular weight excluding hydrogens is 285 g/mol. The Morgan fingerprint density at radius 3 is 2.85 bits per heavy atom. The first-order valence-corrected chi connectivity index (χ1v) is 5.99. The summed E-state index contributed by atoms with van der Waals surface area (Å²) < 4.78 is 14.6. The van der Waals surface area contributed by atoms with Crippen molar-refractivity contribution in [2.45, 2.75) is 0 Å². The average molecular weight is 292 g/mol. The lowest BCUT2D eigenvalue weighted by Gasteiger charge is -2.06. The molecule has 2 aromatic carbocycles. The number of carboxylic acids is 1. The van der Waals surface area contributed by atoms with Gasteiger partial charge in [0.05, 0.1) is 16.3 Å². The summed E-state index contributed by atoms with van der Waals surface area (Å²) >= 11 is 6.02. The predicted octanol–water partition coefficient (Wildman–Crippen LogP) is 2.91. The zero-order valence-corrected chi connectivity index (χ0v) is 10.7. The Morgan fingerprint density at radius 1 is 1.30 bits per heavy atom. The first kappa shape index (κ1) is 12.6. The lowest BCUT2D eigenvalue weighted by Crippen LogP contribution is -2.04. The number of rotatable bonds is 2. The molecule has 100 valence electrons. The van der Waals surface area contributed by atoms with Gasteiger partial charge in [0.2, 0.25) is 0 Å². The van der Waals surface area contributed by atoms with Crippen molar-refractivity contribution >= 4 is 28.6 Å². The monoisotopic (exact) mass is 291 g/mol. The minimum Gasteiger partial charge on any atom is -0.478 e. The Morgan fingerprint density at radius 2 is 2.10 bits per heavy atom. The third kappa shape index (κ3) is 1.90. The van der Waals surface area contributed by atoms with Crippen molar-refractivity contribution in [1.29, 1.82) is 0 Å². The van der Waals surface area contributed by atoms with Gasteiger partial charge in [-0.2, -0.15) is 0 Å². The van der Waals surface area contributed by atoms with Gasteiger partial charge in [-0.05, 0) is 24.3 Å². The van der Waals surface area contributed by atoms with E-state index < -0.39 is 11.8 Å². The maximum atomic E-state index is 13.4. The van der Waals surface area contributed by atoms with E-state index in [9.17, 15) is 14.3 Å². The highest BCUT2D eigenvalue weighted by Gasteiger charge is 2.17. The highest BCUT2D eigenvalue weighted by molar-refractivity contribution is 6.32. The van der Waals surface area contributed by atoms with Crippen LogP contribution < -0.4 is 0 Å². The Labute approximate surface area is 117 Å². The smallest absolute Gasteiger partial charge is 0.337 e. The van der Waals surface area contributed by atoms with Gasteiger partial charge in [-0.15, -0.1) is 5.10 Å². The van der Waals surface area contributed by atoms with Gasteiger partial charge < -0.3 is 5.11 Å². The molecule has 1 aromatic heterocycles. The fourth-order valence-corrected chi connectivity index (χ4v) is 2.16. The van der Waals surface area contributed by atoms with Gasteiger partial charge in [-0.1, -0.05) is 22.9 Å². The first-order chi connectivity index (χ1) is 9.58. The molecule has 0 aliphatic carbocycles. The number of carboxylic acid groups (broad SMARTS) is 1. The molecule has 0 amide bonds. The molecule has 0 radical (unpaired) electrons. The second-order valence-electron chi connectivity index (χ2n) is 4.08. The summed E-state index contributed by atoms with van der Waals surface area (Å²) in [7, 11) is 0. The van der Waals surface area contributed by atoms with Crippen molar-refractivity contribution in [3.63, 3.8) is 0 Å². The van der Waals surface area contributed by atoms with Crippen molar-refractivity contribution in [3.05, 3.63) is 52.8 Å². The molecule has 0 fully saturated rings. The number of aromatic carboxylic acids is 1. The van der Waals surface area contributed by atoms with Crippen molar-refractivity contribution in [3.8, 4) is 5.69 Å². The van der Waals surface area contributed by atoms with Crippen molar-refractivity contribution in [2.75, 3.05) is 0 Å². The van der Waals surface area contributed by atoms with Crippen molar-refractivity contribution in [2.24, 2.45) is 0 Å². The van der Waals surface area contributed by atoms with Crippen LogP contribution in [0.2, 0.25) is 5.02 Å². The Bertz CT molecular complexity index is 832. The first-order valence-electron chi connectivity index (χ1n) is 5.61. The zero-order chi connectivity index (χ0) is 14.3. The molecule has 3 rings (SSSR count). The molecule has 0 saturated heterocycles. The summed E-state index contributed by atoms with van der Waals surface area (Å²) in [4.78, 5) is 11.3. The summed E-state index contributed by atoms with van der Waals surface area (Å²) in [5, 5.41) is 17.2. The van der Waals surface area contributed by atoms with Crippen LogP contribution in [0.3, 0.4) is 0 Å². The summed E-state index contributed by atoms with van der Waals surface area (Å²) in [6.45, 7) is 0. The Kier molecular flexibility index (Phi) is 2.87. The van der Waals surface area contributed by atoms with E-state index in [-0.39, 0.29) is 21.8 Å². The molecule has 0 saturated carbocycles. The molecule has 7 heteroatoms. The van der Waals surface area contributed by atoms with E-state index in [1.807, 2.05) is 0 Å². The average Bonchev–Trinajstić information content (AvgIpc) is 2.85. The summed E-state index contributed by atoms with van der Waals surface area (Å²) in [6, 6.07) is 8.38. The standard InChI is InChI=1S/C13H7ClFN3O2/c14-9-5-4-7(15)6-11(9)18-12-8(13(19)20)2-1-3-10(12)16-17-18/h1-6H,(H,19,20). The van der Waals surface area contributed by atoms with Gasteiger partial charge >= 0.3 is 5.97 Å². The van der Waals surface area contributed by atoms with Crippen LogP contribution in [0.5, 0.6) is 0 Å². The largest absolute Gasteiger partial charge is 0.478 e. The second-order valence-corrected chi connectivity index (χ2v) is 4.48. The SMILES string of the molecule is O=C(O)c1cccc2nnn(-c3cc(F)ccc3Cl)c12. The fraction of sp³-hybridized carbons (Fsp3) is 0. The number of aromatic nitrogens is 3. The number of benzene rings is 2. The third-order valence-electron chi connectivity index (χ3n) is 2.84. The van der Waals surface area contributed by atoms with E-state index in [1.54, 1.807) is 12.1 Å². The Hall–Kier alpha value is -2.47. The molecule has 0 spiro atoms. The minimum atomic E-state index is -1.12. The summed E-state index contributed by atoms with van der Waals surface area (Å²) in [5.41, 5.74) is 0.924. The second kappa shape index (κ2) is 4.57. The number of carbonyl (C=O) groups is 1. The van der Waals surface area contributed by atoms with Crippen molar-refractivity contribution < 1.29 is 14.3 Å². The van der Waals surface area contributed by atoms with E-state index in [2.05, 4.69) is 10.3 Å². The predicted molar refractivity (Wildman–Crippen MR) is 70.8 cm³/mol. The van der Waals surface area contributed by atoms with Crippen LogP contribution >= 0.6 is 11.6 Å². The molecule has 0 unspecified atom stereocenters. The lowest BCUT2D eigenvalue weighted by atomic mass is 10.2. The van der Waals surface area contributed by atoms with Crippen molar-refractivity contribution in [1.82, 2.24) is 15.0 Å². The van der Waals surface area contributed by atoms with Crippen LogP contribution in [-0.4, -0.2) is 26.1 Å². The number of halogens is 2. The van der Waals surface area contributed by atoms with Gasteiger partial charge in [0.15, 0.2) is 0 Å². The van der Waals surface area contributed by atoms with Crippen LogP contribution in [0.1, 0.15) is 10.4 Å². The van der Waals surface area contributed by atoms with Gasteiger partial charge in [-0.25, -0.2) is 13.9 Å². The van der Waals surface area contributed by atoms with E-state index in [4.69, 9.17) is 11.6 Å². The highest BCUT2D eigenvalue weighted by Crippen LogP contribution is 2.26. The van der Waals surface area contributed by atoms with E-state index in [1.165, 1.54) is 28.9 Å². The maximum absolute atomic E-state index is 13.4. The molecule has 5 nitrogen and oxygen atoms in total. The molecule has 20 heavy (non-hydrogen) atoms. The molecule has 0 aliphatic rings. The molecule has 1 heterocycles. The fourth-order valence-electron chi connectivity index (χ4n) is 1.96. The molecule has 1 N–H and O–H groups in total. The molecule has 0 aliphatic heterocycles. The number of para-hydroxylation sites is 1. The van der Waals surface area contributed by atoms with Gasteiger partial charge in [0, 0.05) is 6.07 Å². The topological polar surface area (TPSA) is 68.0 Å². The number of hydrogen-bond donors (Lipinski definition) is 1. The summed E-state index contributed by atoms with van der Waals surface area (Å²) in [6.07, 6.45) is 0. The highest BCUT2D eigenvalue weighted by atomic mass is 35.5. The molecule has 3 aromatic rings. The van der Waals surface area contributed by atoms with Crippen LogP contribution in [0.4, 0.5) is 4.39 Å². The van der Waals surface area contributed by atoms with Crippen LogP contribution in [-0.2, 0) is 0 Å². The lowest BCUT2D eigenvalue weighted by molar-refractivity contribution is 0.0698. The van der Waals surface area contributed by atoms with Crippen LogP contribution in [0, 0.1) is 5.82 Å². The van der Waals surface area contributed by atoms with Gasteiger partial charge in [-0.3, -0.25) is 0 Å². The van der Waals surface area contributed by atoms with E-state index in [0.29, 0.717) is 5.52 Å². The zero-order valence-electron chi connectivity index (χ0n) is 9.92. The number of hydrogen-bond acceptors (Lipinski definition) is 3. The van der Waals surface area contributed by atoms with Gasteiger partial charge in [0.1, 0.15) is 16.9 Å².